The van der Waals surface area contributed by atoms with Crippen LogP contribution in [-0.4, -0.2) is 43.9 Å². The van der Waals surface area contributed by atoms with Crippen LogP contribution in [0.5, 0.6) is 0 Å². The van der Waals surface area contributed by atoms with Crippen molar-refractivity contribution in [1.29, 1.82) is 0 Å². The molecule has 7 nitrogen and oxygen atoms in total. The smallest absolute Gasteiger partial charge is 0.478 e. The number of aromatic nitrogens is 2. The minimum Gasteiger partial charge on any atom is -0.478 e. The number of hydrogen-bond donors (Lipinski definition) is 3. The van der Waals surface area contributed by atoms with Gasteiger partial charge in [0.15, 0.2) is 0 Å². The minimum atomic E-state index is -5.08. The average molecular weight is 725 g/mol. The summed E-state index contributed by atoms with van der Waals surface area (Å²) in [5.74, 6) is -1.83. The Kier molecular flexibility index (Phi) is 10.4. The average Bonchev–Trinajstić information content (AvgIpc) is 3.87. The molecule has 0 amide bonds. The van der Waals surface area contributed by atoms with E-state index in [1.165, 1.54) is 40.9 Å². The minimum absolute atomic E-state index is 0.0408. The van der Waals surface area contributed by atoms with Crippen LogP contribution in [0.4, 0.5) is 18.9 Å². The first kappa shape index (κ1) is 35.3. The molecule has 1 aromatic heterocycles. The second-order valence-corrected chi connectivity index (χ2v) is 13.6. The summed E-state index contributed by atoms with van der Waals surface area (Å²) in [6.07, 6.45) is 1.56. The molecule has 0 atom stereocenters. The Bertz CT molecular complexity index is 1920. The third-order valence-corrected chi connectivity index (χ3v) is 9.73. The predicted octanol–water partition coefficient (Wildman–Crippen LogP) is 10.3. The normalized spacial score (nSPS) is 17.6. The van der Waals surface area contributed by atoms with Gasteiger partial charge in [-0.25, -0.2) is 14.6 Å². The Balaban J connectivity index is 0.000000561. The highest BCUT2D eigenvalue weighted by atomic mass is 35.5. The lowest BCUT2D eigenvalue weighted by atomic mass is 9.85. The molecule has 3 N–H and O–H groups in total. The third-order valence-electron chi connectivity index (χ3n) is 9.23. The highest BCUT2D eigenvalue weighted by Gasteiger charge is 2.38. The largest absolute Gasteiger partial charge is 0.490 e. The fraction of sp³-hybridized carbons (Fsp3) is 0.289. The highest BCUT2D eigenvalue weighted by Crippen LogP contribution is 2.45. The second kappa shape index (κ2) is 14.7. The van der Waals surface area contributed by atoms with Gasteiger partial charge >= 0.3 is 18.1 Å². The van der Waals surface area contributed by atoms with Crippen LogP contribution >= 0.6 is 23.2 Å². The van der Waals surface area contributed by atoms with Crippen LogP contribution in [0.25, 0.3) is 11.0 Å². The molecule has 7 rings (SSSR count). The first-order valence-corrected chi connectivity index (χ1v) is 17.1. The molecule has 2 saturated carbocycles. The van der Waals surface area contributed by atoms with Crippen molar-refractivity contribution in [1.82, 2.24) is 9.55 Å². The van der Waals surface area contributed by atoms with Gasteiger partial charge in [-0.05, 0) is 116 Å². The van der Waals surface area contributed by atoms with E-state index >= 15 is 0 Å². The summed E-state index contributed by atoms with van der Waals surface area (Å²) in [6.45, 7) is 0. The van der Waals surface area contributed by atoms with E-state index in [1.54, 1.807) is 12.1 Å². The number of rotatable bonds is 8. The van der Waals surface area contributed by atoms with Gasteiger partial charge in [0, 0.05) is 39.7 Å². The van der Waals surface area contributed by atoms with E-state index in [-0.39, 0.29) is 5.92 Å². The van der Waals surface area contributed by atoms with E-state index in [9.17, 15) is 23.1 Å². The molecular formula is C38H34Cl2F3N3O4. The number of alkyl halides is 3. The zero-order chi connectivity index (χ0) is 35.6. The Labute approximate surface area is 296 Å². The summed E-state index contributed by atoms with van der Waals surface area (Å²) < 4.78 is 34.3. The summed E-state index contributed by atoms with van der Waals surface area (Å²) in [7, 11) is 0. The van der Waals surface area contributed by atoms with E-state index < -0.39 is 18.1 Å². The van der Waals surface area contributed by atoms with E-state index in [0.29, 0.717) is 23.6 Å². The molecule has 0 spiro atoms. The highest BCUT2D eigenvalue weighted by molar-refractivity contribution is 6.30. The number of anilines is 1. The molecule has 2 aliphatic rings. The van der Waals surface area contributed by atoms with Crippen LogP contribution in [0.1, 0.15) is 89.3 Å². The van der Waals surface area contributed by atoms with Gasteiger partial charge in [0.25, 0.3) is 0 Å². The lowest BCUT2D eigenvalue weighted by Gasteiger charge is -2.32. The molecule has 50 heavy (non-hydrogen) atoms. The van der Waals surface area contributed by atoms with Crippen LogP contribution in [0.15, 0.2) is 91.0 Å². The number of hydrogen-bond acceptors (Lipinski definition) is 4. The first-order valence-electron chi connectivity index (χ1n) is 16.3. The van der Waals surface area contributed by atoms with Gasteiger partial charge in [0.05, 0.1) is 16.6 Å². The Hall–Kier alpha value is -4.54. The van der Waals surface area contributed by atoms with Gasteiger partial charge in [-0.15, -0.1) is 0 Å². The number of fused-ring (bicyclic) bond motifs is 1. The van der Waals surface area contributed by atoms with Crippen LogP contribution in [0, 0.1) is 0 Å². The number of nitrogens with one attached hydrogen (secondary N) is 1. The molecule has 1 heterocycles. The number of carboxylic acid groups (broad SMARTS) is 2. The lowest BCUT2D eigenvalue weighted by Crippen LogP contribution is -2.28. The summed E-state index contributed by atoms with van der Waals surface area (Å²) in [4.78, 5) is 25.3. The van der Waals surface area contributed by atoms with Crippen molar-refractivity contribution in [2.24, 2.45) is 0 Å². The molecule has 4 aromatic carbocycles. The van der Waals surface area contributed by atoms with E-state index in [1.807, 2.05) is 36.4 Å². The zero-order valence-electron chi connectivity index (χ0n) is 26.7. The number of benzene rings is 4. The van der Waals surface area contributed by atoms with Gasteiger partial charge in [-0.3, -0.25) is 0 Å². The van der Waals surface area contributed by atoms with Crippen LogP contribution in [0.2, 0.25) is 10.0 Å². The van der Waals surface area contributed by atoms with Crippen molar-refractivity contribution in [3.05, 3.63) is 129 Å². The molecule has 2 fully saturated rings. The van der Waals surface area contributed by atoms with Gasteiger partial charge in [0.1, 0.15) is 5.82 Å². The molecule has 0 bridgehead atoms. The van der Waals surface area contributed by atoms with E-state index in [2.05, 4.69) is 52.3 Å². The third kappa shape index (κ3) is 8.25. The fourth-order valence-electron chi connectivity index (χ4n) is 6.63. The molecule has 260 valence electrons. The Morgan fingerprint density at radius 2 is 1.28 bits per heavy atom. The molecular weight excluding hydrogens is 690 g/mol. The maximum absolute atomic E-state index is 11.2. The van der Waals surface area contributed by atoms with Crippen molar-refractivity contribution < 1.29 is 33.0 Å². The van der Waals surface area contributed by atoms with Gasteiger partial charge < -0.3 is 20.1 Å². The molecule has 0 radical (unpaired) electrons. The van der Waals surface area contributed by atoms with Crippen molar-refractivity contribution in [2.75, 3.05) is 5.32 Å². The van der Waals surface area contributed by atoms with Crippen molar-refractivity contribution in [3.8, 4) is 0 Å². The molecule has 5 aromatic rings. The number of carbonyl (C=O) groups is 2. The summed E-state index contributed by atoms with van der Waals surface area (Å²) in [5.41, 5.74) is 7.15. The number of aliphatic carboxylic acids is 1. The first-order chi connectivity index (χ1) is 23.9. The lowest BCUT2D eigenvalue weighted by molar-refractivity contribution is -0.192. The van der Waals surface area contributed by atoms with Crippen LogP contribution in [0.3, 0.4) is 0 Å². The van der Waals surface area contributed by atoms with Gasteiger partial charge in [-0.1, -0.05) is 53.5 Å². The summed E-state index contributed by atoms with van der Waals surface area (Å²) >= 11 is 12.5. The maximum Gasteiger partial charge on any atom is 0.490 e. The maximum atomic E-state index is 11.2. The van der Waals surface area contributed by atoms with E-state index in [0.717, 1.165) is 46.9 Å². The molecule has 0 aliphatic heterocycles. The van der Waals surface area contributed by atoms with Crippen LogP contribution < -0.4 is 5.32 Å². The second-order valence-electron chi connectivity index (χ2n) is 12.7. The molecule has 0 unspecified atom stereocenters. The number of halogens is 5. The van der Waals surface area contributed by atoms with Crippen molar-refractivity contribution >= 4 is 51.9 Å². The van der Waals surface area contributed by atoms with Crippen molar-refractivity contribution in [2.45, 2.75) is 68.6 Å². The van der Waals surface area contributed by atoms with Gasteiger partial charge in [-0.2, -0.15) is 13.2 Å². The predicted molar refractivity (Wildman–Crippen MR) is 188 cm³/mol. The number of carboxylic acids is 2. The Morgan fingerprint density at radius 1 is 0.760 bits per heavy atom. The SMILES string of the molecule is O=C(O)C(F)(F)F.O=C(O)c1ccc(NC2CCC(n3c(C4CC4)nc4ccc(C(c5ccc(Cl)cc5)c5ccc(Cl)cc5)cc43)CC2)cc1. The molecule has 2 aliphatic carbocycles. The van der Waals surface area contributed by atoms with E-state index in [4.69, 9.17) is 38.1 Å². The Morgan fingerprint density at radius 3 is 1.76 bits per heavy atom. The zero-order valence-corrected chi connectivity index (χ0v) is 28.2. The monoisotopic (exact) mass is 723 g/mol. The standard InChI is InChI=1S/C36H33Cl2N3O2.C2HF3O2/c37-27-10-3-22(4-11-27)34(23-5-12-28(38)13-6-23)26-9-20-32-33(21-26)41(35(40-32)24-1-2-24)31-18-16-30(17-19-31)39-29-14-7-25(8-15-29)36(42)43;3-2(4,5)1(6)7/h3-15,20-21,24,30-31,34,39H,1-2,16-19H2,(H,42,43);(H,6,7). The van der Waals surface area contributed by atoms with Crippen LogP contribution in [-0.2, 0) is 4.79 Å². The molecule has 12 heteroatoms. The number of nitrogens with zero attached hydrogens (tertiary/aromatic N) is 2. The summed E-state index contributed by atoms with van der Waals surface area (Å²) in [6, 6.07) is 30.9. The van der Waals surface area contributed by atoms with Crippen molar-refractivity contribution in [3.63, 3.8) is 0 Å². The number of aromatic carboxylic acids is 1. The number of imidazole rings is 1. The molecule has 0 saturated heterocycles. The summed E-state index contributed by atoms with van der Waals surface area (Å²) in [5, 5.41) is 21.4. The van der Waals surface area contributed by atoms with Gasteiger partial charge in [0.2, 0.25) is 0 Å². The fourth-order valence-corrected chi connectivity index (χ4v) is 6.88. The topological polar surface area (TPSA) is 104 Å². The quantitative estimate of drug-likeness (QED) is 0.138.